The van der Waals surface area contributed by atoms with Crippen LogP contribution in [0.15, 0.2) is 54.7 Å². The zero-order valence-electron chi connectivity index (χ0n) is 13.5. The third-order valence-corrected chi connectivity index (χ3v) is 3.51. The lowest BCUT2D eigenvalue weighted by molar-refractivity contribution is 0.410. The number of nitrogens with one attached hydrogen (secondary N) is 2. The van der Waals surface area contributed by atoms with Crippen molar-refractivity contribution in [2.75, 3.05) is 17.7 Å². The topological polar surface area (TPSA) is 59.1 Å². The standard InChI is InChI=1S/C18H16F2N4O/c1-25-15-8-3-2-5-12(15)11-22-16-9-10-21-18(23-16)24-17-13(19)6-4-7-14(17)20/h2-10H,11H2,1H3,(H2,21,22,23,24). The Hall–Kier alpha value is -3.22. The zero-order chi connectivity index (χ0) is 17.6. The second kappa shape index (κ2) is 7.57. The molecule has 0 atom stereocenters. The SMILES string of the molecule is COc1ccccc1CNc1ccnc(Nc2c(F)cccc2F)n1. The number of methoxy groups -OCH3 is 1. The Balaban J connectivity index is 1.73. The Labute approximate surface area is 143 Å². The highest BCUT2D eigenvalue weighted by atomic mass is 19.1. The molecule has 0 bridgehead atoms. The first kappa shape index (κ1) is 16.6. The van der Waals surface area contributed by atoms with Gasteiger partial charge >= 0.3 is 0 Å². The number of rotatable bonds is 6. The number of hydrogen-bond donors (Lipinski definition) is 2. The van der Waals surface area contributed by atoms with E-state index in [1.807, 2.05) is 24.3 Å². The molecule has 0 spiro atoms. The fourth-order valence-corrected chi connectivity index (χ4v) is 2.28. The smallest absolute Gasteiger partial charge is 0.229 e. The Morgan fingerprint density at radius 1 is 1.00 bits per heavy atom. The van der Waals surface area contributed by atoms with Gasteiger partial charge in [0.25, 0.3) is 0 Å². The highest BCUT2D eigenvalue weighted by Crippen LogP contribution is 2.22. The molecule has 3 rings (SSSR count). The van der Waals surface area contributed by atoms with Crippen molar-refractivity contribution in [3.63, 3.8) is 0 Å². The lowest BCUT2D eigenvalue weighted by atomic mass is 10.2. The first-order chi connectivity index (χ1) is 12.2. The van der Waals surface area contributed by atoms with Gasteiger partial charge in [0, 0.05) is 18.3 Å². The Morgan fingerprint density at radius 3 is 2.52 bits per heavy atom. The second-order valence-electron chi connectivity index (χ2n) is 5.15. The summed E-state index contributed by atoms with van der Waals surface area (Å²) in [5.74, 6) is -0.0584. The Bertz CT molecular complexity index is 853. The van der Waals surface area contributed by atoms with E-state index in [0.29, 0.717) is 12.4 Å². The summed E-state index contributed by atoms with van der Waals surface area (Å²) in [7, 11) is 1.61. The molecule has 25 heavy (non-hydrogen) atoms. The van der Waals surface area contributed by atoms with Crippen LogP contribution in [0.25, 0.3) is 0 Å². The van der Waals surface area contributed by atoms with Crippen LogP contribution in [0.2, 0.25) is 0 Å². The minimum Gasteiger partial charge on any atom is -0.496 e. The van der Waals surface area contributed by atoms with Gasteiger partial charge in [-0.2, -0.15) is 4.98 Å². The van der Waals surface area contributed by atoms with Crippen molar-refractivity contribution in [3.8, 4) is 5.75 Å². The second-order valence-corrected chi connectivity index (χ2v) is 5.15. The van der Waals surface area contributed by atoms with Crippen molar-refractivity contribution in [2.45, 2.75) is 6.54 Å². The van der Waals surface area contributed by atoms with Gasteiger partial charge in [-0.15, -0.1) is 0 Å². The van der Waals surface area contributed by atoms with Gasteiger partial charge in [0.2, 0.25) is 5.95 Å². The number of hydrogen-bond acceptors (Lipinski definition) is 5. The molecule has 0 aliphatic rings. The predicted octanol–water partition coefficient (Wildman–Crippen LogP) is 4.12. The molecule has 3 aromatic rings. The maximum Gasteiger partial charge on any atom is 0.229 e. The normalized spacial score (nSPS) is 10.4. The van der Waals surface area contributed by atoms with Gasteiger partial charge in [-0.05, 0) is 24.3 Å². The third-order valence-electron chi connectivity index (χ3n) is 3.51. The lowest BCUT2D eigenvalue weighted by Crippen LogP contribution is -2.06. The molecular formula is C18H16F2N4O. The number of ether oxygens (including phenoxy) is 1. The summed E-state index contributed by atoms with van der Waals surface area (Å²) >= 11 is 0. The average Bonchev–Trinajstić information content (AvgIpc) is 2.64. The summed E-state index contributed by atoms with van der Waals surface area (Å²) in [6, 6.07) is 12.9. The van der Waals surface area contributed by atoms with Gasteiger partial charge in [0.15, 0.2) is 0 Å². The maximum absolute atomic E-state index is 13.7. The molecule has 0 fully saturated rings. The number of aromatic nitrogens is 2. The Kier molecular flexibility index (Phi) is 5.03. The molecule has 2 aromatic carbocycles. The van der Waals surface area contributed by atoms with Crippen LogP contribution in [0.1, 0.15) is 5.56 Å². The molecule has 2 N–H and O–H groups in total. The average molecular weight is 342 g/mol. The van der Waals surface area contributed by atoms with Crippen LogP contribution < -0.4 is 15.4 Å². The van der Waals surface area contributed by atoms with Gasteiger partial charge in [-0.1, -0.05) is 24.3 Å². The molecule has 5 nitrogen and oxygen atoms in total. The number of nitrogens with zero attached hydrogens (tertiary/aromatic N) is 2. The van der Waals surface area contributed by atoms with Crippen LogP contribution in [0, 0.1) is 11.6 Å². The van der Waals surface area contributed by atoms with Gasteiger partial charge in [0.1, 0.15) is 28.9 Å². The molecular weight excluding hydrogens is 326 g/mol. The van der Waals surface area contributed by atoms with Crippen LogP contribution >= 0.6 is 0 Å². The monoisotopic (exact) mass is 342 g/mol. The number of benzene rings is 2. The minimum atomic E-state index is -0.712. The summed E-state index contributed by atoms with van der Waals surface area (Å²) in [4.78, 5) is 8.20. The van der Waals surface area contributed by atoms with E-state index < -0.39 is 11.6 Å². The van der Waals surface area contributed by atoms with Crippen LogP contribution in [-0.4, -0.2) is 17.1 Å². The van der Waals surface area contributed by atoms with Gasteiger partial charge in [-0.3, -0.25) is 0 Å². The summed E-state index contributed by atoms with van der Waals surface area (Å²) in [6.07, 6.45) is 1.50. The van der Waals surface area contributed by atoms with Crippen molar-refractivity contribution in [1.82, 2.24) is 9.97 Å². The molecule has 0 aliphatic carbocycles. The number of para-hydroxylation sites is 2. The predicted molar refractivity (Wildman–Crippen MR) is 92.0 cm³/mol. The highest BCUT2D eigenvalue weighted by Gasteiger charge is 2.10. The van der Waals surface area contributed by atoms with E-state index in [4.69, 9.17) is 4.74 Å². The number of anilines is 3. The van der Waals surface area contributed by atoms with Crippen LogP contribution in [0.3, 0.4) is 0 Å². The van der Waals surface area contributed by atoms with Crippen molar-refractivity contribution in [2.24, 2.45) is 0 Å². The van der Waals surface area contributed by atoms with Crippen molar-refractivity contribution in [1.29, 1.82) is 0 Å². The van der Waals surface area contributed by atoms with E-state index in [-0.39, 0.29) is 11.6 Å². The Morgan fingerprint density at radius 2 is 1.76 bits per heavy atom. The fraction of sp³-hybridized carbons (Fsp3) is 0.111. The molecule has 0 radical (unpaired) electrons. The molecule has 0 unspecified atom stereocenters. The zero-order valence-corrected chi connectivity index (χ0v) is 13.5. The summed E-state index contributed by atoms with van der Waals surface area (Å²) < 4.78 is 32.7. The molecule has 0 saturated heterocycles. The largest absolute Gasteiger partial charge is 0.496 e. The fourth-order valence-electron chi connectivity index (χ4n) is 2.28. The van der Waals surface area contributed by atoms with Crippen LogP contribution in [0.5, 0.6) is 5.75 Å². The first-order valence-corrected chi connectivity index (χ1v) is 7.57. The quantitative estimate of drug-likeness (QED) is 0.706. The van der Waals surface area contributed by atoms with E-state index >= 15 is 0 Å². The van der Waals surface area contributed by atoms with Crippen LogP contribution in [0.4, 0.5) is 26.2 Å². The van der Waals surface area contributed by atoms with Gasteiger partial charge in [0.05, 0.1) is 7.11 Å². The van der Waals surface area contributed by atoms with Crippen molar-refractivity contribution < 1.29 is 13.5 Å². The molecule has 0 saturated carbocycles. The van der Waals surface area contributed by atoms with Crippen LogP contribution in [-0.2, 0) is 6.54 Å². The highest BCUT2D eigenvalue weighted by molar-refractivity contribution is 5.56. The lowest BCUT2D eigenvalue weighted by Gasteiger charge is -2.11. The van der Waals surface area contributed by atoms with E-state index in [9.17, 15) is 8.78 Å². The minimum absolute atomic E-state index is 0.0917. The maximum atomic E-state index is 13.7. The summed E-state index contributed by atoms with van der Waals surface area (Å²) in [5, 5.41) is 5.70. The molecule has 7 heteroatoms. The molecule has 128 valence electrons. The molecule has 1 aromatic heterocycles. The molecule has 0 amide bonds. The summed E-state index contributed by atoms with van der Waals surface area (Å²) in [6.45, 7) is 0.481. The van der Waals surface area contributed by atoms with E-state index in [1.165, 1.54) is 12.3 Å². The molecule has 0 aliphatic heterocycles. The van der Waals surface area contributed by atoms with Crippen molar-refractivity contribution in [3.05, 3.63) is 71.9 Å². The summed E-state index contributed by atoms with van der Waals surface area (Å²) in [5.41, 5.74) is 0.669. The van der Waals surface area contributed by atoms with E-state index in [1.54, 1.807) is 13.2 Å². The number of halogens is 2. The van der Waals surface area contributed by atoms with E-state index in [0.717, 1.165) is 23.4 Å². The van der Waals surface area contributed by atoms with Gasteiger partial charge < -0.3 is 15.4 Å². The van der Waals surface area contributed by atoms with E-state index in [2.05, 4.69) is 20.6 Å². The first-order valence-electron chi connectivity index (χ1n) is 7.57. The third kappa shape index (κ3) is 4.00. The van der Waals surface area contributed by atoms with Crippen molar-refractivity contribution >= 4 is 17.5 Å². The molecule has 1 heterocycles. The van der Waals surface area contributed by atoms with Gasteiger partial charge in [-0.25, -0.2) is 13.8 Å².